The Hall–Kier alpha value is -2.18. The van der Waals surface area contributed by atoms with Crippen LogP contribution in [-0.4, -0.2) is 35.4 Å². The minimum atomic E-state index is -4.44. The molecular formula is C22H30F3NO3. The van der Waals surface area contributed by atoms with Crippen molar-refractivity contribution in [3.63, 3.8) is 0 Å². The maximum Gasteiger partial charge on any atom is 0.422 e. The number of alkyl halides is 3. The van der Waals surface area contributed by atoms with Gasteiger partial charge in [-0.05, 0) is 51.3 Å². The summed E-state index contributed by atoms with van der Waals surface area (Å²) in [5.74, 6) is 0.109. The number of benzene rings is 1. The molecule has 1 saturated carbocycles. The second kappa shape index (κ2) is 9.55. The molecule has 0 radical (unpaired) electrons. The summed E-state index contributed by atoms with van der Waals surface area (Å²) >= 11 is 0. The molecule has 0 bridgehead atoms. The molecule has 2 rings (SSSR count). The fourth-order valence-electron chi connectivity index (χ4n) is 3.39. The van der Waals surface area contributed by atoms with Crippen LogP contribution in [0.2, 0.25) is 0 Å². The molecule has 1 aromatic carbocycles. The average molecular weight is 413 g/mol. The number of ether oxygens (including phenoxy) is 2. The van der Waals surface area contributed by atoms with Gasteiger partial charge in [-0.25, -0.2) is 4.79 Å². The molecule has 29 heavy (non-hydrogen) atoms. The molecule has 1 aliphatic rings. The van der Waals surface area contributed by atoms with E-state index in [2.05, 4.69) is 6.58 Å². The Labute approximate surface area is 170 Å². The van der Waals surface area contributed by atoms with Gasteiger partial charge in [-0.1, -0.05) is 38.0 Å². The van der Waals surface area contributed by atoms with Gasteiger partial charge < -0.3 is 14.4 Å². The molecule has 0 saturated heterocycles. The monoisotopic (exact) mass is 413 g/mol. The molecule has 7 heteroatoms. The number of carbonyl (C=O) groups is 1. The van der Waals surface area contributed by atoms with E-state index in [0.717, 1.165) is 37.7 Å². The van der Waals surface area contributed by atoms with E-state index in [9.17, 15) is 18.0 Å². The Morgan fingerprint density at radius 3 is 2.41 bits per heavy atom. The second-order valence-corrected chi connectivity index (χ2v) is 8.38. The van der Waals surface area contributed by atoms with Gasteiger partial charge in [0.2, 0.25) is 0 Å². The van der Waals surface area contributed by atoms with Gasteiger partial charge in [0.05, 0.1) is 6.54 Å². The number of rotatable bonds is 6. The lowest BCUT2D eigenvalue weighted by Gasteiger charge is -2.36. The third-order valence-electron chi connectivity index (χ3n) is 4.70. The molecule has 0 spiro atoms. The Kier molecular flexibility index (Phi) is 7.60. The van der Waals surface area contributed by atoms with E-state index in [1.54, 1.807) is 43.9 Å². The van der Waals surface area contributed by atoms with Gasteiger partial charge in [-0.3, -0.25) is 0 Å². The largest absolute Gasteiger partial charge is 0.484 e. The van der Waals surface area contributed by atoms with Crippen LogP contribution in [-0.2, 0) is 11.3 Å². The van der Waals surface area contributed by atoms with Crippen LogP contribution in [0.25, 0.3) is 6.08 Å². The van der Waals surface area contributed by atoms with Crippen molar-refractivity contribution in [2.24, 2.45) is 0 Å². The lowest BCUT2D eigenvalue weighted by atomic mass is 9.94. The van der Waals surface area contributed by atoms with Crippen molar-refractivity contribution in [1.82, 2.24) is 4.90 Å². The second-order valence-electron chi connectivity index (χ2n) is 8.38. The van der Waals surface area contributed by atoms with E-state index in [-0.39, 0.29) is 18.3 Å². The van der Waals surface area contributed by atoms with Crippen molar-refractivity contribution in [1.29, 1.82) is 0 Å². The SMILES string of the molecule is C=Cc1ccc(OCC(F)(F)F)c(CN(C(=O)OC(C)(C)C)C2CCCCC2)c1. The summed E-state index contributed by atoms with van der Waals surface area (Å²) < 4.78 is 48.6. The molecule has 0 N–H and O–H groups in total. The third kappa shape index (κ3) is 7.63. The Morgan fingerprint density at radius 2 is 1.86 bits per heavy atom. The van der Waals surface area contributed by atoms with E-state index in [1.165, 1.54) is 6.07 Å². The van der Waals surface area contributed by atoms with Crippen molar-refractivity contribution in [3.05, 3.63) is 35.9 Å². The van der Waals surface area contributed by atoms with Crippen LogP contribution in [0.15, 0.2) is 24.8 Å². The maximum absolute atomic E-state index is 12.9. The van der Waals surface area contributed by atoms with Crippen molar-refractivity contribution in [3.8, 4) is 5.75 Å². The predicted molar refractivity (Wildman–Crippen MR) is 107 cm³/mol. The summed E-state index contributed by atoms with van der Waals surface area (Å²) in [5.41, 5.74) is 0.581. The van der Waals surface area contributed by atoms with E-state index >= 15 is 0 Å². The van der Waals surface area contributed by atoms with Gasteiger partial charge >= 0.3 is 12.3 Å². The quantitative estimate of drug-likeness (QED) is 0.546. The maximum atomic E-state index is 12.9. The highest BCUT2D eigenvalue weighted by atomic mass is 19.4. The molecule has 0 unspecified atom stereocenters. The van der Waals surface area contributed by atoms with Gasteiger partial charge in [0, 0.05) is 11.6 Å². The lowest BCUT2D eigenvalue weighted by Crippen LogP contribution is -2.43. The first-order chi connectivity index (χ1) is 13.5. The fourth-order valence-corrected chi connectivity index (χ4v) is 3.39. The molecule has 1 amide bonds. The molecule has 0 aromatic heterocycles. The molecule has 0 heterocycles. The lowest BCUT2D eigenvalue weighted by molar-refractivity contribution is -0.153. The fraction of sp³-hybridized carbons (Fsp3) is 0.591. The number of nitrogens with zero attached hydrogens (tertiary/aromatic N) is 1. The van der Waals surface area contributed by atoms with Crippen LogP contribution in [0.4, 0.5) is 18.0 Å². The number of carbonyl (C=O) groups excluding carboxylic acids is 1. The molecule has 1 aromatic rings. The summed E-state index contributed by atoms with van der Waals surface area (Å²) in [4.78, 5) is 14.5. The smallest absolute Gasteiger partial charge is 0.422 e. The van der Waals surface area contributed by atoms with Gasteiger partial charge in [0.25, 0.3) is 0 Å². The summed E-state index contributed by atoms with van der Waals surface area (Å²) in [6, 6.07) is 4.83. The standard InChI is InChI=1S/C22H30F3NO3/c1-5-16-11-12-19(28-15-22(23,24)25)17(13-16)14-26(18-9-7-6-8-10-18)20(27)29-21(2,3)4/h5,11-13,18H,1,6-10,14-15H2,2-4H3. The summed E-state index contributed by atoms with van der Waals surface area (Å²) in [5, 5.41) is 0. The minimum Gasteiger partial charge on any atom is -0.484 e. The number of halogens is 3. The Balaban J connectivity index is 2.31. The third-order valence-corrected chi connectivity index (χ3v) is 4.70. The van der Waals surface area contributed by atoms with Gasteiger partial charge in [0.15, 0.2) is 6.61 Å². The number of amides is 1. The summed E-state index contributed by atoms with van der Waals surface area (Å²) in [7, 11) is 0. The molecule has 0 aliphatic heterocycles. The highest BCUT2D eigenvalue weighted by Gasteiger charge is 2.32. The minimum absolute atomic E-state index is 0.0125. The number of hydrogen-bond acceptors (Lipinski definition) is 3. The van der Waals surface area contributed by atoms with Crippen LogP contribution >= 0.6 is 0 Å². The molecule has 1 fully saturated rings. The first-order valence-corrected chi connectivity index (χ1v) is 9.93. The van der Waals surface area contributed by atoms with Gasteiger partial charge in [0.1, 0.15) is 11.4 Å². The Morgan fingerprint density at radius 1 is 1.21 bits per heavy atom. The van der Waals surface area contributed by atoms with Crippen molar-refractivity contribution in [2.45, 2.75) is 77.2 Å². The van der Waals surface area contributed by atoms with Crippen molar-refractivity contribution in [2.75, 3.05) is 6.61 Å². The first-order valence-electron chi connectivity index (χ1n) is 9.93. The summed E-state index contributed by atoms with van der Waals surface area (Å²) in [6.07, 6.45) is 1.53. The van der Waals surface area contributed by atoms with Crippen LogP contribution in [0, 0.1) is 0 Å². The highest BCUT2D eigenvalue weighted by molar-refractivity contribution is 5.69. The van der Waals surface area contributed by atoms with Gasteiger partial charge in [-0.2, -0.15) is 13.2 Å². The average Bonchev–Trinajstić information content (AvgIpc) is 2.63. The highest BCUT2D eigenvalue weighted by Crippen LogP contribution is 2.30. The zero-order valence-electron chi connectivity index (χ0n) is 17.3. The Bertz CT molecular complexity index is 704. The predicted octanol–water partition coefficient (Wildman–Crippen LogP) is 6.34. The van der Waals surface area contributed by atoms with E-state index in [4.69, 9.17) is 9.47 Å². The molecule has 162 valence electrons. The molecular weight excluding hydrogens is 383 g/mol. The van der Waals surface area contributed by atoms with Gasteiger partial charge in [-0.15, -0.1) is 0 Å². The topological polar surface area (TPSA) is 38.8 Å². The molecule has 0 atom stereocenters. The van der Waals surface area contributed by atoms with Crippen LogP contribution in [0.5, 0.6) is 5.75 Å². The van der Waals surface area contributed by atoms with E-state index < -0.39 is 24.5 Å². The van der Waals surface area contributed by atoms with Crippen molar-refractivity contribution < 1.29 is 27.4 Å². The van der Waals surface area contributed by atoms with Crippen molar-refractivity contribution >= 4 is 12.2 Å². The zero-order chi connectivity index (χ0) is 21.7. The van der Waals surface area contributed by atoms with Crippen LogP contribution in [0.1, 0.15) is 64.0 Å². The van der Waals surface area contributed by atoms with Crippen LogP contribution < -0.4 is 4.74 Å². The molecule has 1 aliphatic carbocycles. The van der Waals surface area contributed by atoms with E-state index in [1.807, 2.05) is 0 Å². The van der Waals surface area contributed by atoms with Crippen LogP contribution in [0.3, 0.4) is 0 Å². The number of hydrogen-bond donors (Lipinski definition) is 0. The van der Waals surface area contributed by atoms with E-state index in [0.29, 0.717) is 5.56 Å². The first kappa shape index (κ1) is 23.1. The summed E-state index contributed by atoms with van der Waals surface area (Å²) in [6.45, 7) is 7.82. The molecule has 4 nitrogen and oxygen atoms in total. The zero-order valence-corrected chi connectivity index (χ0v) is 17.3. The normalized spacial score (nSPS) is 15.7.